The smallest absolute Gasteiger partial charge is 0.306 e. The summed E-state index contributed by atoms with van der Waals surface area (Å²) in [5.74, 6) is -0.944. The second-order valence-corrected chi connectivity index (χ2v) is 20.2. The third-order valence-corrected chi connectivity index (χ3v) is 13.0. The number of carbonyl (C=O) groups excluding carboxylic acids is 3. The molecule has 0 rings (SSSR count). The van der Waals surface area contributed by atoms with Crippen LogP contribution in [-0.4, -0.2) is 37.2 Å². The zero-order chi connectivity index (χ0) is 52.9. The van der Waals surface area contributed by atoms with Crippen molar-refractivity contribution in [1.29, 1.82) is 0 Å². The van der Waals surface area contributed by atoms with Crippen molar-refractivity contribution < 1.29 is 28.6 Å². The fourth-order valence-corrected chi connectivity index (χ4v) is 8.44. The molecule has 6 nitrogen and oxygen atoms in total. The lowest BCUT2D eigenvalue weighted by Gasteiger charge is -2.18. The van der Waals surface area contributed by atoms with E-state index < -0.39 is 6.10 Å². The summed E-state index contributed by atoms with van der Waals surface area (Å²) in [7, 11) is 0. The number of esters is 3. The molecule has 0 heterocycles. The number of hydrogen-bond donors (Lipinski definition) is 0. The van der Waals surface area contributed by atoms with Gasteiger partial charge in [0.2, 0.25) is 0 Å². The molecule has 0 aromatic rings. The Bertz CT molecular complexity index is 1440. The van der Waals surface area contributed by atoms with Gasteiger partial charge >= 0.3 is 17.9 Å². The van der Waals surface area contributed by atoms with Crippen molar-refractivity contribution in [2.45, 2.75) is 297 Å². The maximum absolute atomic E-state index is 12.9. The van der Waals surface area contributed by atoms with E-state index >= 15 is 0 Å². The number of rotatable bonds is 55. The van der Waals surface area contributed by atoms with Crippen LogP contribution in [0, 0.1) is 0 Å². The molecule has 0 aliphatic heterocycles. The first-order valence-corrected chi connectivity index (χ1v) is 30.7. The van der Waals surface area contributed by atoms with Gasteiger partial charge in [0.1, 0.15) is 13.2 Å². The van der Waals surface area contributed by atoms with Gasteiger partial charge < -0.3 is 14.2 Å². The Balaban J connectivity index is 4.47. The van der Waals surface area contributed by atoms with Crippen LogP contribution in [0.3, 0.4) is 0 Å². The fourth-order valence-electron chi connectivity index (χ4n) is 8.44. The van der Waals surface area contributed by atoms with Crippen molar-refractivity contribution in [2.75, 3.05) is 13.2 Å². The molecular weight excluding hydrogens is 901 g/mol. The van der Waals surface area contributed by atoms with E-state index in [2.05, 4.69) is 118 Å². The van der Waals surface area contributed by atoms with Gasteiger partial charge in [0.25, 0.3) is 0 Å². The first kappa shape index (κ1) is 69.3. The molecule has 73 heavy (non-hydrogen) atoms. The topological polar surface area (TPSA) is 78.9 Å². The predicted molar refractivity (Wildman–Crippen MR) is 316 cm³/mol. The number of carbonyl (C=O) groups is 3. The van der Waals surface area contributed by atoms with Crippen molar-refractivity contribution in [1.82, 2.24) is 0 Å². The monoisotopic (exact) mass is 1010 g/mol. The number of unbranched alkanes of at least 4 members (excludes halogenated alkanes) is 28. The number of allylic oxidation sites excluding steroid dienone is 16. The van der Waals surface area contributed by atoms with E-state index in [-0.39, 0.29) is 31.1 Å². The van der Waals surface area contributed by atoms with E-state index in [0.717, 1.165) is 103 Å². The molecule has 0 fully saturated rings. The Morgan fingerprint density at radius 3 is 0.877 bits per heavy atom. The molecule has 0 bridgehead atoms. The highest BCUT2D eigenvalue weighted by atomic mass is 16.6. The van der Waals surface area contributed by atoms with Gasteiger partial charge in [-0.25, -0.2) is 0 Å². The molecule has 0 saturated heterocycles. The van der Waals surface area contributed by atoms with Crippen LogP contribution in [0.4, 0.5) is 0 Å². The molecule has 0 aliphatic rings. The maximum Gasteiger partial charge on any atom is 0.306 e. The molecule has 418 valence electrons. The summed E-state index contributed by atoms with van der Waals surface area (Å²) < 4.78 is 16.9. The molecule has 0 radical (unpaired) electrons. The van der Waals surface area contributed by atoms with Gasteiger partial charge in [-0.3, -0.25) is 14.4 Å². The van der Waals surface area contributed by atoms with E-state index in [1.165, 1.54) is 148 Å². The van der Waals surface area contributed by atoms with Gasteiger partial charge in [-0.1, -0.05) is 246 Å². The van der Waals surface area contributed by atoms with Crippen molar-refractivity contribution >= 4 is 17.9 Å². The Morgan fingerprint density at radius 1 is 0.288 bits per heavy atom. The highest BCUT2D eigenvalue weighted by molar-refractivity contribution is 5.71. The third-order valence-electron chi connectivity index (χ3n) is 13.0. The molecule has 1 atom stereocenters. The zero-order valence-electron chi connectivity index (χ0n) is 47.9. The first-order chi connectivity index (χ1) is 36.0. The predicted octanol–water partition coefficient (Wildman–Crippen LogP) is 20.9. The first-order valence-electron chi connectivity index (χ1n) is 30.7. The molecule has 0 amide bonds. The zero-order valence-corrected chi connectivity index (χ0v) is 47.9. The van der Waals surface area contributed by atoms with Crippen molar-refractivity contribution in [2.24, 2.45) is 0 Å². The lowest BCUT2D eigenvalue weighted by atomic mass is 10.1. The molecule has 1 unspecified atom stereocenters. The van der Waals surface area contributed by atoms with Crippen LogP contribution in [0.25, 0.3) is 0 Å². The second kappa shape index (κ2) is 60.9. The highest BCUT2D eigenvalue weighted by Crippen LogP contribution is 2.15. The van der Waals surface area contributed by atoms with Gasteiger partial charge in [0, 0.05) is 19.3 Å². The summed E-state index contributed by atoms with van der Waals surface area (Å²) >= 11 is 0. The molecule has 0 aromatic heterocycles. The molecule has 0 spiro atoms. The second-order valence-electron chi connectivity index (χ2n) is 20.2. The van der Waals surface area contributed by atoms with Crippen LogP contribution < -0.4 is 0 Å². The van der Waals surface area contributed by atoms with Gasteiger partial charge in [0.15, 0.2) is 6.10 Å². The van der Waals surface area contributed by atoms with Crippen LogP contribution in [0.2, 0.25) is 0 Å². The fraction of sp³-hybridized carbons (Fsp3) is 0.716. The summed E-state index contributed by atoms with van der Waals surface area (Å²) in [5, 5.41) is 0. The van der Waals surface area contributed by atoms with Crippen molar-refractivity contribution in [3.63, 3.8) is 0 Å². The van der Waals surface area contributed by atoms with Gasteiger partial charge in [0.05, 0.1) is 0 Å². The van der Waals surface area contributed by atoms with Crippen LogP contribution in [0.5, 0.6) is 0 Å². The van der Waals surface area contributed by atoms with Crippen molar-refractivity contribution in [3.8, 4) is 0 Å². The Morgan fingerprint density at radius 2 is 0.534 bits per heavy atom. The van der Waals surface area contributed by atoms with Gasteiger partial charge in [-0.2, -0.15) is 0 Å². The van der Waals surface area contributed by atoms with Crippen LogP contribution >= 0.6 is 0 Å². The van der Waals surface area contributed by atoms with Gasteiger partial charge in [-0.15, -0.1) is 0 Å². The largest absolute Gasteiger partial charge is 0.462 e. The minimum atomic E-state index is -0.802. The average Bonchev–Trinajstić information content (AvgIpc) is 3.39. The van der Waals surface area contributed by atoms with E-state index in [4.69, 9.17) is 14.2 Å². The normalized spacial score (nSPS) is 12.8. The van der Waals surface area contributed by atoms with E-state index in [1.54, 1.807) is 0 Å². The highest BCUT2D eigenvalue weighted by Gasteiger charge is 2.19. The summed E-state index contributed by atoms with van der Waals surface area (Å²) in [6.45, 7) is 6.49. The van der Waals surface area contributed by atoms with Crippen molar-refractivity contribution in [3.05, 3.63) is 97.2 Å². The summed E-state index contributed by atoms with van der Waals surface area (Å²) in [4.78, 5) is 38.3. The van der Waals surface area contributed by atoms with Gasteiger partial charge in [-0.05, 0) is 122 Å². The van der Waals surface area contributed by atoms with E-state index in [1.807, 2.05) is 0 Å². The number of hydrogen-bond acceptors (Lipinski definition) is 6. The number of ether oxygens (including phenoxy) is 3. The minimum absolute atomic E-state index is 0.0961. The van der Waals surface area contributed by atoms with Crippen LogP contribution in [0.15, 0.2) is 97.2 Å². The summed E-state index contributed by atoms with van der Waals surface area (Å²) in [6, 6.07) is 0. The maximum atomic E-state index is 12.9. The third kappa shape index (κ3) is 59.1. The molecular formula is C67H114O6. The quantitative estimate of drug-likeness (QED) is 0.0261. The minimum Gasteiger partial charge on any atom is -0.462 e. The Kier molecular flexibility index (Phi) is 57.8. The lowest BCUT2D eigenvalue weighted by Crippen LogP contribution is -2.30. The average molecular weight is 1020 g/mol. The van der Waals surface area contributed by atoms with Crippen LogP contribution in [-0.2, 0) is 28.6 Å². The van der Waals surface area contributed by atoms with Crippen LogP contribution in [0.1, 0.15) is 290 Å². The summed E-state index contributed by atoms with van der Waals surface area (Å²) in [5.41, 5.74) is 0. The molecule has 0 aromatic carbocycles. The Hall–Kier alpha value is -3.67. The van der Waals surface area contributed by atoms with E-state index in [9.17, 15) is 14.4 Å². The lowest BCUT2D eigenvalue weighted by molar-refractivity contribution is -0.167. The SMILES string of the molecule is CC/C=C\C/C=C\C/C=C\C/C=C\C/C=C\C/C=C\CCCCC(=O)OCC(COC(=O)CCCCCCC/C=C\CCCCCCCC)OC(=O)CCCCCCCCCCC/C=C\CCCCCCCC. The summed E-state index contributed by atoms with van der Waals surface area (Å²) in [6.07, 6.45) is 81.2. The van der Waals surface area contributed by atoms with E-state index in [0.29, 0.717) is 19.3 Å². The molecule has 6 heteroatoms. The molecule has 0 N–H and O–H groups in total. The molecule has 0 aliphatic carbocycles. The standard InChI is InChI=1S/C67H114O6/c1-4-7-10-13-16-19-22-25-28-30-32-33-35-36-39-42-45-48-51-54-57-60-66(69)72-63-64(62-71-65(68)59-56-53-50-47-44-41-38-27-24-21-18-15-12-9-6-3)73-67(70)61-58-55-52-49-46-43-40-37-34-31-29-26-23-20-17-14-11-8-5-2/h7,10,16,19,25-29,32-33,36,38-39,45,48,64H,4-6,8-9,11-15,17-18,20-24,30-31,34-35,37,40-44,46-47,49-63H2,1-3H3/b10-7-,19-16-,28-25-,29-26-,33-32-,38-27-,39-36-,48-45-. The Labute approximate surface area is 451 Å². The molecule has 0 saturated carbocycles.